The zero-order chi connectivity index (χ0) is 28.3. The molecule has 0 radical (unpaired) electrons. The lowest BCUT2D eigenvalue weighted by Gasteiger charge is -2.24. The molecule has 8 heteroatoms. The highest BCUT2D eigenvalue weighted by Gasteiger charge is 2.31. The van der Waals surface area contributed by atoms with E-state index in [-0.39, 0.29) is 12.1 Å². The summed E-state index contributed by atoms with van der Waals surface area (Å²) in [7, 11) is 1.38. The Balaban J connectivity index is 1.33. The van der Waals surface area contributed by atoms with Crippen LogP contribution in [-0.2, 0) is 4.74 Å². The summed E-state index contributed by atoms with van der Waals surface area (Å²) >= 11 is 0. The van der Waals surface area contributed by atoms with Crippen molar-refractivity contribution in [3.63, 3.8) is 0 Å². The quantitative estimate of drug-likeness (QED) is 0.213. The van der Waals surface area contributed by atoms with Gasteiger partial charge in [-0.1, -0.05) is 12.1 Å². The summed E-state index contributed by atoms with van der Waals surface area (Å²) < 4.78 is 10.7. The van der Waals surface area contributed by atoms with Gasteiger partial charge in [-0.3, -0.25) is 20.0 Å². The lowest BCUT2D eigenvalue weighted by atomic mass is 9.98. The van der Waals surface area contributed by atoms with Crippen LogP contribution in [0, 0.1) is 0 Å². The topological polar surface area (TPSA) is 89.8 Å². The fourth-order valence-electron chi connectivity index (χ4n) is 4.98. The number of rotatable bonds is 7. The van der Waals surface area contributed by atoms with E-state index in [1.165, 1.54) is 7.11 Å². The number of hydrogen-bond acceptors (Lipinski definition) is 8. The fourth-order valence-corrected chi connectivity index (χ4v) is 4.98. The van der Waals surface area contributed by atoms with Gasteiger partial charge in [0.25, 0.3) is 0 Å². The van der Waals surface area contributed by atoms with E-state index in [9.17, 15) is 4.79 Å². The van der Waals surface area contributed by atoms with Crippen molar-refractivity contribution in [1.29, 1.82) is 0 Å². The highest BCUT2D eigenvalue weighted by atomic mass is 16.5. The molecule has 6 rings (SSSR count). The molecule has 0 spiro atoms. The predicted molar refractivity (Wildman–Crippen MR) is 159 cm³/mol. The van der Waals surface area contributed by atoms with E-state index >= 15 is 0 Å². The molecule has 1 atom stereocenters. The molecule has 0 N–H and O–H groups in total. The Labute approximate surface area is 238 Å². The normalized spacial score (nSPS) is 14.8. The van der Waals surface area contributed by atoms with Crippen molar-refractivity contribution in [1.82, 2.24) is 15.0 Å². The number of esters is 1. The van der Waals surface area contributed by atoms with Crippen molar-refractivity contribution >= 4 is 28.4 Å². The maximum absolute atomic E-state index is 12.3. The lowest BCUT2D eigenvalue weighted by Crippen LogP contribution is -2.19. The molecule has 5 aromatic rings. The molecule has 3 aromatic carbocycles. The van der Waals surface area contributed by atoms with Gasteiger partial charge in [-0.2, -0.15) is 5.10 Å². The zero-order valence-electron chi connectivity index (χ0n) is 23.1. The third-order valence-corrected chi connectivity index (χ3v) is 6.94. The van der Waals surface area contributed by atoms with Gasteiger partial charge in [0, 0.05) is 36.1 Å². The molecule has 0 bridgehead atoms. The third-order valence-electron chi connectivity index (χ3n) is 6.94. The predicted octanol–water partition coefficient (Wildman–Crippen LogP) is 6.62. The van der Waals surface area contributed by atoms with Gasteiger partial charge in [-0.25, -0.2) is 4.79 Å². The molecular weight excluding hydrogens is 514 g/mol. The molecule has 0 amide bonds. The zero-order valence-corrected chi connectivity index (χ0v) is 23.1. The highest BCUT2D eigenvalue weighted by molar-refractivity contribution is 6.03. The first kappa shape index (κ1) is 26.1. The number of aromatic nitrogens is 3. The first-order chi connectivity index (χ1) is 20.0. The van der Waals surface area contributed by atoms with Crippen LogP contribution in [0.15, 0.2) is 103 Å². The van der Waals surface area contributed by atoms with Crippen LogP contribution in [0.2, 0.25) is 0 Å². The van der Waals surface area contributed by atoms with Crippen LogP contribution >= 0.6 is 0 Å². The molecule has 0 fully saturated rings. The van der Waals surface area contributed by atoms with Crippen LogP contribution in [0.1, 0.15) is 47.8 Å². The largest absolute Gasteiger partial charge is 0.491 e. The second-order valence-electron chi connectivity index (χ2n) is 10.1. The van der Waals surface area contributed by atoms with Gasteiger partial charge in [0.2, 0.25) is 0 Å². The average Bonchev–Trinajstić information content (AvgIpc) is 3.46. The number of carbonyl (C=O) groups is 1. The summed E-state index contributed by atoms with van der Waals surface area (Å²) in [6, 6.07) is 25.3. The number of fused-ring (bicyclic) bond motifs is 1. The van der Waals surface area contributed by atoms with Gasteiger partial charge in [0.05, 0.1) is 52.9 Å². The van der Waals surface area contributed by atoms with Crippen molar-refractivity contribution in [3.8, 4) is 17.0 Å². The Hall–Kier alpha value is -5.11. The number of pyridine rings is 1. The van der Waals surface area contributed by atoms with E-state index < -0.39 is 5.97 Å². The monoisotopic (exact) mass is 543 g/mol. The second kappa shape index (κ2) is 11.2. The summed E-state index contributed by atoms with van der Waals surface area (Å²) in [5.74, 6) is 0.444. The van der Waals surface area contributed by atoms with Gasteiger partial charge >= 0.3 is 5.97 Å². The SMILES string of the molecule is COC(=O)c1cccc(N2N=C(c3ccc(-c4ccc(OC(C)C)cc4)nc3)CC2c2ccc3nccnc3c2)c1. The molecule has 0 aliphatic carbocycles. The van der Waals surface area contributed by atoms with Gasteiger partial charge in [-0.05, 0) is 86.1 Å². The Morgan fingerprint density at radius 1 is 0.878 bits per heavy atom. The summed E-state index contributed by atoms with van der Waals surface area (Å²) in [4.78, 5) is 25.9. The van der Waals surface area contributed by atoms with E-state index in [1.807, 2.05) is 73.6 Å². The number of methoxy groups -OCH3 is 1. The maximum atomic E-state index is 12.3. The van der Waals surface area contributed by atoms with Crippen molar-refractivity contribution in [2.75, 3.05) is 12.1 Å². The molecule has 0 saturated heterocycles. The van der Waals surface area contributed by atoms with Crippen molar-refractivity contribution in [2.24, 2.45) is 5.10 Å². The lowest BCUT2D eigenvalue weighted by molar-refractivity contribution is 0.0600. The summed E-state index contributed by atoms with van der Waals surface area (Å²) in [5.41, 5.74) is 7.67. The molecule has 204 valence electrons. The second-order valence-corrected chi connectivity index (χ2v) is 10.1. The molecule has 1 aliphatic heterocycles. The van der Waals surface area contributed by atoms with Crippen LogP contribution in [0.25, 0.3) is 22.3 Å². The van der Waals surface area contributed by atoms with Crippen molar-refractivity contribution in [3.05, 3.63) is 114 Å². The molecule has 1 aliphatic rings. The minimum absolute atomic E-state index is 0.113. The molecule has 3 heterocycles. The standard InChI is InChI=1S/C33H29N5O3/c1-21(2)41-27-11-7-22(8-12-27)28-13-10-25(20-36-28)30-19-32(23-9-14-29-31(18-23)35-16-15-34-29)38(37-30)26-6-4-5-24(17-26)33(39)40-3/h4-18,20-21,32H,19H2,1-3H3. The van der Waals surface area contributed by atoms with Crippen molar-refractivity contribution < 1.29 is 14.3 Å². The number of ether oxygens (including phenoxy) is 2. The van der Waals surface area contributed by atoms with Crippen LogP contribution < -0.4 is 9.75 Å². The van der Waals surface area contributed by atoms with E-state index in [0.29, 0.717) is 12.0 Å². The van der Waals surface area contributed by atoms with Crippen LogP contribution in [0.5, 0.6) is 5.75 Å². The number of nitrogens with zero attached hydrogens (tertiary/aromatic N) is 5. The van der Waals surface area contributed by atoms with Crippen LogP contribution in [0.3, 0.4) is 0 Å². The van der Waals surface area contributed by atoms with E-state index in [0.717, 1.165) is 50.6 Å². The molecular formula is C33H29N5O3. The molecule has 0 saturated carbocycles. The Kier molecular flexibility index (Phi) is 7.12. The van der Waals surface area contributed by atoms with Crippen molar-refractivity contribution in [2.45, 2.75) is 32.4 Å². The number of carbonyl (C=O) groups excluding carboxylic acids is 1. The Morgan fingerprint density at radius 3 is 2.39 bits per heavy atom. The van der Waals surface area contributed by atoms with Gasteiger partial charge < -0.3 is 9.47 Å². The molecule has 1 unspecified atom stereocenters. The van der Waals surface area contributed by atoms with Crippen LogP contribution in [-0.4, -0.2) is 39.8 Å². The number of benzene rings is 3. The highest BCUT2D eigenvalue weighted by Crippen LogP contribution is 2.38. The summed E-state index contributed by atoms with van der Waals surface area (Å²) in [6.07, 6.45) is 6.02. The van der Waals surface area contributed by atoms with Gasteiger partial charge in [-0.15, -0.1) is 0 Å². The smallest absolute Gasteiger partial charge is 0.337 e. The van der Waals surface area contributed by atoms with E-state index in [1.54, 1.807) is 24.5 Å². The summed E-state index contributed by atoms with van der Waals surface area (Å²) in [5, 5.41) is 7.00. The van der Waals surface area contributed by atoms with Crippen LogP contribution in [0.4, 0.5) is 5.69 Å². The van der Waals surface area contributed by atoms with Gasteiger partial charge in [0.1, 0.15) is 5.75 Å². The van der Waals surface area contributed by atoms with E-state index in [4.69, 9.17) is 19.6 Å². The minimum Gasteiger partial charge on any atom is -0.491 e. The minimum atomic E-state index is -0.392. The number of hydrogen-bond donors (Lipinski definition) is 0. The first-order valence-electron chi connectivity index (χ1n) is 13.5. The average molecular weight is 544 g/mol. The molecule has 41 heavy (non-hydrogen) atoms. The van der Waals surface area contributed by atoms with E-state index in [2.05, 4.69) is 28.2 Å². The first-order valence-corrected chi connectivity index (χ1v) is 13.5. The Morgan fingerprint density at radius 2 is 1.66 bits per heavy atom. The molecule has 8 nitrogen and oxygen atoms in total. The fraction of sp³-hybridized carbons (Fsp3) is 0.182. The number of anilines is 1. The third kappa shape index (κ3) is 5.49. The van der Waals surface area contributed by atoms with Gasteiger partial charge in [0.15, 0.2) is 0 Å². The maximum Gasteiger partial charge on any atom is 0.337 e. The Bertz CT molecular complexity index is 1730. The number of hydrazone groups is 1. The summed E-state index contributed by atoms with van der Waals surface area (Å²) in [6.45, 7) is 4.02. The molecule has 2 aromatic heterocycles.